The Balaban J connectivity index is 2.38. The van der Waals surface area contributed by atoms with E-state index in [1.807, 2.05) is 19.2 Å². The average molecular weight is 288 g/mol. The van der Waals surface area contributed by atoms with Gasteiger partial charge in [0.05, 0.1) is 6.54 Å². The van der Waals surface area contributed by atoms with Crippen LogP contribution in [0.5, 0.6) is 0 Å². The standard InChI is InChI=1S/C13H16N6O2/c1-9(8-19-6-4-5-15-19)16-11-10(7-14)12(20)18(3)13(21)17(11)2/h4-6,9,16H,8H2,1-3H3/t9-/m0/s1. The lowest BCUT2D eigenvalue weighted by Gasteiger charge is -2.19. The third-order valence-corrected chi connectivity index (χ3v) is 3.18. The lowest BCUT2D eigenvalue weighted by Crippen LogP contribution is -2.41. The fourth-order valence-corrected chi connectivity index (χ4v) is 2.08. The first kappa shape index (κ1) is 14.6. The van der Waals surface area contributed by atoms with Gasteiger partial charge >= 0.3 is 5.69 Å². The normalized spacial score (nSPS) is 11.9. The van der Waals surface area contributed by atoms with Gasteiger partial charge in [-0.3, -0.25) is 18.6 Å². The second kappa shape index (κ2) is 5.66. The fraction of sp³-hybridized carbons (Fsp3) is 0.385. The lowest BCUT2D eigenvalue weighted by atomic mass is 10.2. The summed E-state index contributed by atoms with van der Waals surface area (Å²) in [4.78, 5) is 23.9. The summed E-state index contributed by atoms with van der Waals surface area (Å²) < 4.78 is 3.91. The minimum Gasteiger partial charge on any atom is -0.366 e. The van der Waals surface area contributed by atoms with Gasteiger partial charge in [0.2, 0.25) is 0 Å². The first-order chi connectivity index (χ1) is 9.95. The van der Waals surface area contributed by atoms with Gasteiger partial charge in [-0.2, -0.15) is 10.4 Å². The van der Waals surface area contributed by atoms with E-state index in [0.717, 1.165) is 4.57 Å². The van der Waals surface area contributed by atoms with E-state index in [9.17, 15) is 14.9 Å². The average Bonchev–Trinajstić information content (AvgIpc) is 2.95. The predicted molar refractivity (Wildman–Crippen MR) is 77.0 cm³/mol. The molecule has 110 valence electrons. The summed E-state index contributed by atoms with van der Waals surface area (Å²) >= 11 is 0. The number of rotatable bonds is 4. The van der Waals surface area contributed by atoms with Gasteiger partial charge in [-0.15, -0.1) is 0 Å². The van der Waals surface area contributed by atoms with Crippen LogP contribution in [0.25, 0.3) is 0 Å². The Morgan fingerprint density at radius 1 is 1.38 bits per heavy atom. The molecule has 0 aliphatic rings. The molecule has 2 heterocycles. The van der Waals surface area contributed by atoms with Crippen LogP contribution >= 0.6 is 0 Å². The Morgan fingerprint density at radius 3 is 2.67 bits per heavy atom. The molecule has 0 fully saturated rings. The molecule has 2 aromatic rings. The SMILES string of the molecule is C[C@@H](Cn1cccn1)Nc1c(C#N)c(=O)n(C)c(=O)n1C. The molecular formula is C13H16N6O2. The number of hydrogen-bond donors (Lipinski definition) is 1. The van der Waals surface area contributed by atoms with Crippen molar-refractivity contribution in [2.75, 3.05) is 5.32 Å². The molecule has 0 aliphatic carbocycles. The van der Waals surface area contributed by atoms with E-state index in [1.165, 1.54) is 18.7 Å². The largest absolute Gasteiger partial charge is 0.366 e. The zero-order valence-electron chi connectivity index (χ0n) is 12.1. The maximum atomic E-state index is 12.0. The Morgan fingerprint density at radius 2 is 2.10 bits per heavy atom. The number of nitrogens with zero attached hydrogens (tertiary/aromatic N) is 5. The van der Waals surface area contributed by atoms with E-state index in [2.05, 4.69) is 10.4 Å². The molecule has 2 aromatic heterocycles. The Labute approximate surface area is 120 Å². The molecule has 1 N–H and O–H groups in total. The summed E-state index contributed by atoms with van der Waals surface area (Å²) in [6.45, 7) is 2.42. The molecule has 0 saturated carbocycles. The molecule has 2 rings (SSSR count). The van der Waals surface area contributed by atoms with Gasteiger partial charge in [-0.25, -0.2) is 4.79 Å². The minimum atomic E-state index is -0.602. The Kier molecular flexibility index (Phi) is 3.93. The zero-order chi connectivity index (χ0) is 15.6. The predicted octanol–water partition coefficient (Wildman–Crippen LogP) is -0.347. The van der Waals surface area contributed by atoms with Crippen LogP contribution in [0.15, 0.2) is 28.0 Å². The smallest absolute Gasteiger partial charge is 0.332 e. The minimum absolute atomic E-state index is 0.0769. The monoisotopic (exact) mass is 288 g/mol. The van der Waals surface area contributed by atoms with E-state index >= 15 is 0 Å². The highest BCUT2D eigenvalue weighted by atomic mass is 16.2. The van der Waals surface area contributed by atoms with Crippen LogP contribution in [0.2, 0.25) is 0 Å². The van der Waals surface area contributed by atoms with Gasteiger partial charge in [0, 0.05) is 32.5 Å². The molecule has 0 unspecified atom stereocenters. The van der Waals surface area contributed by atoms with Crippen molar-refractivity contribution in [3.05, 3.63) is 44.9 Å². The summed E-state index contributed by atoms with van der Waals surface area (Å²) in [7, 11) is 2.87. The van der Waals surface area contributed by atoms with Crippen LogP contribution in [-0.2, 0) is 20.6 Å². The van der Waals surface area contributed by atoms with Crippen molar-refractivity contribution in [3.63, 3.8) is 0 Å². The second-order valence-corrected chi connectivity index (χ2v) is 4.81. The molecule has 0 saturated heterocycles. The highest BCUT2D eigenvalue weighted by molar-refractivity contribution is 5.51. The number of anilines is 1. The number of hydrogen-bond acceptors (Lipinski definition) is 5. The third kappa shape index (κ3) is 2.72. The van der Waals surface area contributed by atoms with Crippen molar-refractivity contribution < 1.29 is 0 Å². The zero-order valence-corrected chi connectivity index (χ0v) is 12.1. The third-order valence-electron chi connectivity index (χ3n) is 3.18. The molecule has 21 heavy (non-hydrogen) atoms. The number of nitrogens with one attached hydrogen (secondary N) is 1. The number of aromatic nitrogens is 4. The maximum Gasteiger partial charge on any atom is 0.332 e. The van der Waals surface area contributed by atoms with Crippen molar-refractivity contribution in [2.45, 2.75) is 19.5 Å². The van der Waals surface area contributed by atoms with Crippen LogP contribution in [0, 0.1) is 11.3 Å². The first-order valence-electron chi connectivity index (χ1n) is 6.39. The lowest BCUT2D eigenvalue weighted by molar-refractivity contribution is 0.554. The van der Waals surface area contributed by atoms with E-state index in [4.69, 9.17) is 0 Å². The van der Waals surface area contributed by atoms with Gasteiger partial charge in [-0.05, 0) is 13.0 Å². The molecule has 1 atom stereocenters. The summed E-state index contributed by atoms with van der Waals surface area (Å²) in [6, 6.07) is 3.55. The van der Waals surface area contributed by atoms with Crippen LogP contribution in [0.3, 0.4) is 0 Å². The van der Waals surface area contributed by atoms with Crippen molar-refractivity contribution in [2.24, 2.45) is 14.1 Å². The van der Waals surface area contributed by atoms with Gasteiger partial charge in [0.15, 0.2) is 5.56 Å². The Hall–Kier alpha value is -2.82. The van der Waals surface area contributed by atoms with E-state index in [0.29, 0.717) is 6.54 Å². The molecular weight excluding hydrogens is 272 g/mol. The molecule has 0 spiro atoms. The van der Waals surface area contributed by atoms with Gasteiger partial charge < -0.3 is 5.32 Å². The highest BCUT2D eigenvalue weighted by Gasteiger charge is 2.17. The molecule has 0 aliphatic heterocycles. The van der Waals surface area contributed by atoms with Gasteiger partial charge in [0.25, 0.3) is 5.56 Å². The molecule has 0 radical (unpaired) electrons. The van der Waals surface area contributed by atoms with Gasteiger partial charge in [0.1, 0.15) is 11.9 Å². The van der Waals surface area contributed by atoms with Crippen LogP contribution in [0.1, 0.15) is 12.5 Å². The molecule has 0 amide bonds. The summed E-state index contributed by atoms with van der Waals surface area (Å²) in [5.74, 6) is 0.227. The highest BCUT2D eigenvalue weighted by Crippen LogP contribution is 2.09. The first-order valence-corrected chi connectivity index (χ1v) is 6.39. The summed E-state index contributed by atoms with van der Waals surface area (Å²) in [5, 5.41) is 16.3. The van der Waals surface area contributed by atoms with Crippen LogP contribution < -0.4 is 16.6 Å². The molecule has 0 bridgehead atoms. The van der Waals surface area contributed by atoms with Crippen LogP contribution in [0.4, 0.5) is 5.82 Å². The van der Waals surface area contributed by atoms with Crippen molar-refractivity contribution in [3.8, 4) is 6.07 Å². The van der Waals surface area contributed by atoms with E-state index in [1.54, 1.807) is 16.9 Å². The topological polar surface area (TPSA) is 97.6 Å². The van der Waals surface area contributed by atoms with E-state index in [-0.39, 0.29) is 17.4 Å². The van der Waals surface area contributed by atoms with E-state index < -0.39 is 11.2 Å². The maximum absolute atomic E-state index is 12.0. The summed E-state index contributed by atoms with van der Waals surface area (Å²) in [6.07, 6.45) is 3.48. The quantitative estimate of drug-likeness (QED) is 0.829. The van der Waals surface area contributed by atoms with Crippen molar-refractivity contribution in [1.82, 2.24) is 18.9 Å². The van der Waals surface area contributed by atoms with Crippen LogP contribution in [-0.4, -0.2) is 25.0 Å². The number of nitriles is 1. The van der Waals surface area contributed by atoms with Crippen molar-refractivity contribution in [1.29, 1.82) is 5.26 Å². The van der Waals surface area contributed by atoms with Gasteiger partial charge in [-0.1, -0.05) is 0 Å². The molecule has 0 aromatic carbocycles. The molecule has 8 nitrogen and oxygen atoms in total. The molecule has 8 heteroatoms. The Bertz CT molecular complexity index is 794. The second-order valence-electron chi connectivity index (χ2n) is 4.81. The fourth-order valence-electron chi connectivity index (χ4n) is 2.08. The van der Waals surface area contributed by atoms with Crippen molar-refractivity contribution >= 4 is 5.82 Å². The summed E-state index contributed by atoms with van der Waals surface area (Å²) in [5.41, 5.74) is -1.16.